The van der Waals surface area contributed by atoms with Crippen molar-refractivity contribution in [1.82, 2.24) is 9.13 Å². The number of rotatable bonds is 8. The van der Waals surface area contributed by atoms with E-state index in [4.69, 9.17) is 0 Å². The molecule has 68 heavy (non-hydrogen) atoms. The minimum Gasteiger partial charge on any atom is -0.310 e. The van der Waals surface area contributed by atoms with Crippen LogP contribution < -0.4 is 37.1 Å². The van der Waals surface area contributed by atoms with Gasteiger partial charge in [-0.3, -0.25) is 0 Å². The normalized spacial score (nSPS) is 14.2. The van der Waals surface area contributed by atoms with Crippen molar-refractivity contribution in [2.24, 2.45) is 0 Å². The van der Waals surface area contributed by atoms with Gasteiger partial charge in [-0.1, -0.05) is 179 Å². The van der Waals surface area contributed by atoms with E-state index in [1.54, 1.807) is 15.6 Å². The lowest BCUT2D eigenvalue weighted by atomic mass is 9.33. The number of nitrogens with zero attached hydrogens (tertiary/aromatic N) is 2. The van der Waals surface area contributed by atoms with Crippen molar-refractivity contribution >= 4 is 95.4 Å². The predicted octanol–water partition coefficient (Wildman–Crippen LogP) is 11.8. The van der Waals surface area contributed by atoms with E-state index in [1.165, 1.54) is 121 Å². The van der Waals surface area contributed by atoms with E-state index in [0.717, 1.165) is 25.7 Å². The summed E-state index contributed by atoms with van der Waals surface area (Å²) in [5, 5.41) is 13.1. The molecule has 0 saturated heterocycles. The fourth-order valence-electron chi connectivity index (χ4n) is 14.6. The largest absolute Gasteiger partial charge is 0.310 e. The summed E-state index contributed by atoms with van der Waals surface area (Å²) in [6.45, 7) is 9.61. The third-order valence-electron chi connectivity index (χ3n) is 17.4. The summed E-state index contributed by atoms with van der Waals surface area (Å²) >= 11 is 0. The monoisotopic (exact) mass is 886 g/mol. The third kappa shape index (κ3) is 4.61. The highest BCUT2D eigenvalue weighted by Crippen LogP contribution is 2.48. The second-order valence-electron chi connectivity index (χ2n) is 20.2. The molecule has 1 spiro atoms. The SMILES string of the molecule is CCC(CC)c1cc2c3c(c1)c1cc(C(CC)CC)cc4c1n3-c1c(ccc3c1B2c1c2ccccc2cc2c(-c5ccccc5)c(-c5ccccc5)n-3c12)[Si]41c2ccccc2-c2ccccc21. The summed E-state index contributed by atoms with van der Waals surface area (Å²) in [6, 6.07) is 69.4. The number of hydrogen-bond acceptors (Lipinski definition) is 0. The van der Waals surface area contributed by atoms with Gasteiger partial charge in [0.15, 0.2) is 8.07 Å². The van der Waals surface area contributed by atoms with Gasteiger partial charge in [0.2, 0.25) is 0 Å². The van der Waals surface area contributed by atoms with E-state index in [-0.39, 0.29) is 6.71 Å². The van der Waals surface area contributed by atoms with Crippen molar-refractivity contribution in [3.05, 3.63) is 187 Å². The quantitative estimate of drug-likeness (QED) is 0.135. The number of benzene rings is 9. The first-order chi connectivity index (χ1) is 33.6. The molecule has 2 nitrogen and oxygen atoms in total. The Morgan fingerprint density at radius 1 is 0.441 bits per heavy atom. The molecule has 0 saturated carbocycles. The highest BCUT2D eigenvalue weighted by Gasteiger charge is 2.56. The molecule has 0 unspecified atom stereocenters. The Labute approximate surface area is 399 Å². The summed E-state index contributed by atoms with van der Waals surface area (Å²) in [6.07, 6.45) is 4.49. The van der Waals surface area contributed by atoms with E-state index in [0.29, 0.717) is 11.8 Å². The van der Waals surface area contributed by atoms with Crippen LogP contribution in [0.1, 0.15) is 76.3 Å². The number of aromatic nitrogens is 2. The van der Waals surface area contributed by atoms with Crippen LogP contribution in [0, 0.1) is 0 Å². The van der Waals surface area contributed by atoms with Gasteiger partial charge in [-0.25, -0.2) is 0 Å². The predicted molar refractivity (Wildman–Crippen MR) is 293 cm³/mol. The fraction of sp³-hybridized carbons (Fsp3) is 0.156. The molecule has 0 bridgehead atoms. The van der Waals surface area contributed by atoms with Crippen molar-refractivity contribution in [3.8, 4) is 44.9 Å². The topological polar surface area (TPSA) is 9.86 Å². The molecule has 0 radical (unpaired) electrons. The molecule has 0 fully saturated rings. The van der Waals surface area contributed by atoms with Crippen molar-refractivity contribution in [1.29, 1.82) is 0 Å². The van der Waals surface area contributed by atoms with Crippen LogP contribution in [0.2, 0.25) is 0 Å². The van der Waals surface area contributed by atoms with E-state index in [2.05, 4.69) is 213 Å². The molecule has 0 N–H and O–H groups in total. The molecular weight excluding hydrogens is 836 g/mol. The highest BCUT2D eigenvalue weighted by molar-refractivity contribution is 7.24. The minimum atomic E-state index is -2.95. The maximum Gasteiger partial charge on any atom is 0.253 e. The molecule has 9 aromatic carbocycles. The smallest absolute Gasteiger partial charge is 0.253 e. The zero-order valence-electron chi connectivity index (χ0n) is 39.2. The van der Waals surface area contributed by atoms with Crippen LogP contribution >= 0.6 is 0 Å². The molecule has 0 amide bonds. The lowest BCUT2D eigenvalue weighted by molar-refractivity contribution is 0.643. The lowest BCUT2D eigenvalue weighted by Gasteiger charge is -2.43. The Morgan fingerprint density at radius 3 is 1.71 bits per heavy atom. The van der Waals surface area contributed by atoms with Crippen LogP contribution in [-0.2, 0) is 0 Å². The number of hydrogen-bond donors (Lipinski definition) is 0. The van der Waals surface area contributed by atoms with Gasteiger partial charge < -0.3 is 9.13 Å². The first-order valence-corrected chi connectivity index (χ1v) is 27.3. The molecule has 11 aromatic rings. The van der Waals surface area contributed by atoms with Crippen LogP contribution in [-0.4, -0.2) is 23.9 Å². The zero-order chi connectivity index (χ0) is 45.2. The van der Waals surface area contributed by atoms with E-state index in [1.807, 2.05) is 0 Å². The van der Waals surface area contributed by atoms with Crippen LogP contribution in [0.5, 0.6) is 0 Å². The third-order valence-corrected chi connectivity index (χ3v) is 22.3. The lowest BCUT2D eigenvalue weighted by Crippen LogP contribution is -2.77. The van der Waals surface area contributed by atoms with Gasteiger partial charge in [0, 0.05) is 38.6 Å². The van der Waals surface area contributed by atoms with E-state index >= 15 is 0 Å². The Bertz CT molecular complexity index is 3930. The molecule has 0 aliphatic carbocycles. The Hall–Kier alpha value is -7.14. The Morgan fingerprint density at radius 2 is 1.03 bits per heavy atom. The van der Waals surface area contributed by atoms with Crippen molar-refractivity contribution in [3.63, 3.8) is 0 Å². The van der Waals surface area contributed by atoms with Gasteiger partial charge in [-0.2, -0.15) is 0 Å². The summed E-state index contributed by atoms with van der Waals surface area (Å²) in [4.78, 5) is 0. The average molecular weight is 887 g/mol. The zero-order valence-corrected chi connectivity index (χ0v) is 40.2. The van der Waals surface area contributed by atoms with Crippen LogP contribution in [0.4, 0.5) is 0 Å². The average Bonchev–Trinajstić information content (AvgIpc) is 4.02. The first kappa shape index (κ1) is 38.9. The Kier molecular flexibility index (Phi) is 7.99. The number of fused-ring (bicyclic) bond motifs is 13. The second kappa shape index (κ2) is 14.0. The fourth-order valence-corrected chi connectivity index (χ4v) is 20.2. The summed E-state index contributed by atoms with van der Waals surface area (Å²) in [7, 11) is -2.95. The molecule has 4 aliphatic rings. The van der Waals surface area contributed by atoms with Crippen molar-refractivity contribution in [2.45, 2.75) is 65.2 Å². The van der Waals surface area contributed by atoms with Crippen LogP contribution in [0.25, 0.3) is 88.4 Å². The molecule has 324 valence electrons. The van der Waals surface area contributed by atoms with Gasteiger partial charge in [0.05, 0.1) is 16.7 Å². The standard InChI is InChI=1S/C64H51BN2Si/c1-5-38(6-2)43-34-48-49-35-44(39(7-3)8-4)37-56-62(49)67-61(48)51(36-43)65-58-45-26-16-15-25-42(45)33-50-57(40-21-11-9-12-22-40)60(41-23-13-10-14-24-41)66(63(50)58)52-31-32-55(64(67)59(52)65)68(56)53-29-19-17-27-46(53)47-28-18-20-30-54(47)68/h9-39H,5-8H2,1-4H3. The minimum absolute atomic E-state index is 0.0230. The molecule has 0 atom stereocenters. The molecule has 6 heterocycles. The summed E-state index contributed by atoms with van der Waals surface area (Å²) < 4.78 is 5.57. The van der Waals surface area contributed by atoms with Crippen LogP contribution in [0.15, 0.2) is 176 Å². The molecule has 2 aromatic heterocycles. The highest BCUT2D eigenvalue weighted by atomic mass is 28.3. The Balaban J connectivity index is 1.23. The second-order valence-corrected chi connectivity index (χ2v) is 23.9. The van der Waals surface area contributed by atoms with Gasteiger partial charge in [-0.15, -0.1) is 0 Å². The van der Waals surface area contributed by atoms with Gasteiger partial charge in [0.1, 0.15) is 0 Å². The molecular formula is C64H51BN2Si. The first-order valence-electron chi connectivity index (χ1n) is 25.3. The van der Waals surface area contributed by atoms with E-state index in [9.17, 15) is 0 Å². The maximum absolute atomic E-state index is 2.95. The maximum atomic E-state index is 2.84. The van der Waals surface area contributed by atoms with Crippen molar-refractivity contribution < 1.29 is 0 Å². The molecule has 4 aliphatic heterocycles. The molecule has 4 heteroatoms. The summed E-state index contributed by atoms with van der Waals surface area (Å²) in [5.74, 6) is 0.953. The van der Waals surface area contributed by atoms with Gasteiger partial charge in [-0.05, 0) is 143 Å². The van der Waals surface area contributed by atoms with Crippen molar-refractivity contribution in [2.75, 3.05) is 0 Å². The van der Waals surface area contributed by atoms with E-state index < -0.39 is 8.07 Å². The van der Waals surface area contributed by atoms with Gasteiger partial charge in [0.25, 0.3) is 6.71 Å². The molecule has 15 rings (SSSR count). The van der Waals surface area contributed by atoms with Crippen LogP contribution in [0.3, 0.4) is 0 Å². The summed E-state index contributed by atoms with van der Waals surface area (Å²) in [5.41, 5.74) is 22.3. The van der Waals surface area contributed by atoms with Gasteiger partial charge >= 0.3 is 0 Å².